The predicted molar refractivity (Wildman–Crippen MR) is 118 cm³/mol. The highest BCUT2D eigenvalue weighted by Gasteiger charge is 2.27. The highest BCUT2D eigenvalue weighted by Crippen LogP contribution is 2.32. The number of carbonyl (C=O) groups excluding carboxylic acids is 1. The third kappa shape index (κ3) is 3.90. The van der Waals surface area contributed by atoms with E-state index in [0.717, 1.165) is 21.5 Å². The molecule has 1 aliphatic heterocycles. The minimum atomic E-state index is -3.47. The molecule has 0 unspecified atom stereocenters. The summed E-state index contributed by atoms with van der Waals surface area (Å²) in [7, 11) is -0.442. The summed E-state index contributed by atoms with van der Waals surface area (Å²) in [5, 5.41) is 2.34. The number of hydrogen-bond acceptors (Lipinski definition) is 4. The standard InChI is InChI=1S/C22H22N2O3S2/c1-23(2)29(26,27)20-9-10-21-18(14-20)11-12-24(21)22(25)15-28-19-8-7-16-5-3-4-6-17(16)13-19/h3-10,13-14H,11-12,15H2,1-2H3. The van der Waals surface area contributed by atoms with E-state index in [4.69, 9.17) is 0 Å². The van der Waals surface area contributed by atoms with Crippen LogP contribution in [0.1, 0.15) is 5.56 Å². The van der Waals surface area contributed by atoms with Crippen molar-refractivity contribution in [1.29, 1.82) is 0 Å². The quantitative estimate of drug-likeness (QED) is 0.583. The van der Waals surface area contributed by atoms with Crippen molar-refractivity contribution in [2.75, 3.05) is 31.3 Å². The van der Waals surface area contributed by atoms with Crippen LogP contribution in [-0.4, -0.2) is 45.0 Å². The molecule has 0 spiro atoms. The first kappa shape index (κ1) is 19.9. The summed E-state index contributed by atoms with van der Waals surface area (Å²) in [5.74, 6) is 0.375. The molecule has 0 atom stereocenters. The van der Waals surface area contributed by atoms with Crippen LogP contribution in [0, 0.1) is 0 Å². The Bertz CT molecular complexity index is 1190. The number of carbonyl (C=O) groups is 1. The maximum atomic E-state index is 12.8. The number of benzene rings is 3. The largest absolute Gasteiger partial charge is 0.311 e. The van der Waals surface area contributed by atoms with Crippen molar-refractivity contribution in [2.24, 2.45) is 0 Å². The minimum absolute atomic E-state index is 0.0325. The Balaban J connectivity index is 1.48. The van der Waals surface area contributed by atoms with Gasteiger partial charge in [-0.25, -0.2) is 12.7 Å². The molecule has 4 rings (SSSR count). The molecular weight excluding hydrogens is 404 g/mol. The molecule has 0 N–H and O–H groups in total. The topological polar surface area (TPSA) is 57.7 Å². The summed E-state index contributed by atoms with van der Waals surface area (Å²) < 4.78 is 25.9. The van der Waals surface area contributed by atoms with Crippen molar-refractivity contribution in [3.05, 3.63) is 66.2 Å². The molecule has 0 fully saturated rings. The summed E-state index contributed by atoms with van der Waals surface area (Å²) in [6.07, 6.45) is 0.665. The van der Waals surface area contributed by atoms with E-state index in [1.165, 1.54) is 35.5 Å². The molecule has 7 heteroatoms. The summed E-state index contributed by atoms with van der Waals surface area (Å²) >= 11 is 1.52. The lowest BCUT2D eigenvalue weighted by Gasteiger charge is -2.18. The number of amides is 1. The van der Waals surface area contributed by atoms with Gasteiger partial charge in [-0.05, 0) is 53.1 Å². The van der Waals surface area contributed by atoms with Gasteiger partial charge in [0.05, 0.1) is 10.6 Å². The van der Waals surface area contributed by atoms with Crippen LogP contribution < -0.4 is 4.90 Å². The van der Waals surface area contributed by atoms with Crippen molar-refractivity contribution >= 4 is 44.2 Å². The number of nitrogens with zero attached hydrogens (tertiary/aromatic N) is 2. The lowest BCUT2D eigenvalue weighted by molar-refractivity contribution is -0.116. The summed E-state index contributed by atoms with van der Waals surface area (Å²) in [6.45, 7) is 0.581. The first-order valence-electron chi connectivity index (χ1n) is 9.34. The summed E-state index contributed by atoms with van der Waals surface area (Å²) in [4.78, 5) is 15.9. The van der Waals surface area contributed by atoms with Gasteiger partial charge in [0.2, 0.25) is 15.9 Å². The lowest BCUT2D eigenvalue weighted by Crippen LogP contribution is -2.30. The Morgan fingerprint density at radius 2 is 1.79 bits per heavy atom. The fourth-order valence-electron chi connectivity index (χ4n) is 3.49. The SMILES string of the molecule is CN(C)S(=O)(=O)c1ccc2c(c1)CCN2C(=O)CSc1ccc2ccccc2c1. The Hall–Kier alpha value is -2.35. The molecule has 3 aromatic rings. The molecule has 5 nitrogen and oxygen atoms in total. The van der Waals surface area contributed by atoms with Gasteiger partial charge >= 0.3 is 0 Å². The molecule has 0 bridgehead atoms. The zero-order valence-electron chi connectivity index (χ0n) is 16.3. The molecular formula is C22H22N2O3S2. The first-order chi connectivity index (χ1) is 13.9. The van der Waals surface area contributed by atoms with Gasteiger partial charge < -0.3 is 4.90 Å². The molecule has 150 valence electrons. The van der Waals surface area contributed by atoms with E-state index in [1.54, 1.807) is 23.1 Å². The lowest BCUT2D eigenvalue weighted by atomic mass is 10.1. The first-order valence-corrected chi connectivity index (χ1v) is 11.8. The van der Waals surface area contributed by atoms with Crippen molar-refractivity contribution in [3.63, 3.8) is 0 Å². The Kier molecular flexibility index (Phi) is 5.38. The highest BCUT2D eigenvalue weighted by molar-refractivity contribution is 8.00. The average molecular weight is 427 g/mol. The third-order valence-corrected chi connectivity index (χ3v) is 7.90. The van der Waals surface area contributed by atoms with Gasteiger partial charge in [0.15, 0.2) is 0 Å². The van der Waals surface area contributed by atoms with Gasteiger partial charge in [0.25, 0.3) is 0 Å². The number of fused-ring (bicyclic) bond motifs is 2. The van der Waals surface area contributed by atoms with E-state index >= 15 is 0 Å². The van der Waals surface area contributed by atoms with Gasteiger partial charge in [-0.15, -0.1) is 11.8 Å². The van der Waals surface area contributed by atoms with Crippen molar-refractivity contribution in [3.8, 4) is 0 Å². The van der Waals surface area contributed by atoms with Gasteiger partial charge in [-0.3, -0.25) is 4.79 Å². The smallest absolute Gasteiger partial charge is 0.242 e. The highest BCUT2D eigenvalue weighted by atomic mass is 32.2. The second-order valence-electron chi connectivity index (χ2n) is 7.17. The van der Waals surface area contributed by atoms with Gasteiger partial charge in [0, 0.05) is 31.2 Å². The van der Waals surface area contributed by atoms with Gasteiger partial charge in [0.1, 0.15) is 0 Å². The Morgan fingerprint density at radius 1 is 1.03 bits per heavy atom. The Morgan fingerprint density at radius 3 is 2.55 bits per heavy atom. The normalized spacial score (nSPS) is 13.8. The van der Waals surface area contributed by atoms with Crippen LogP contribution in [0.25, 0.3) is 10.8 Å². The number of sulfonamides is 1. The van der Waals surface area contributed by atoms with Crippen LogP contribution in [0.5, 0.6) is 0 Å². The monoisotopic (exact) mass is 426 g/mol. The van der Waals surface area contributed by atoms with Crippen molar-refractivity contribution in [1.82, 2.24) is 4.31 Å². The van der Waals surface area contributed by atoms with Crippen LogP contribution in [-0.2, 0) is 21.2 Å². The van der Waals surface area contributed by atoms with Crippen molar-refractivity contribution < 1.29 is 13.2 Å². The van der Waals surface area contributed by atoms with E-state index in [2.05, 4.69) is 24.3 Å². The number of hydrogen-bond donors (Lipinski definition) is 0. The molecule has 0 radical (unpaired) electrons. The predicted octanol–water partition coefficient (Wildman–Crippen LogP) is 3.77. The third-order valence-electron chi connectivity index (χ3n) is 5.11. The summed E-state index contributed by atoms with van der Waals surface area (Å²) in [6, 6.07) is 19.4. The van der Waals surface area contributed by atoms with E-state index in [9.17, 15) is 13.2 Å². The molecule has 1 amide bonds. The molecule has 1 aliphatic rings. The van der Waals surface area contributed by atoms with Crippen LogP contribution in [0.3, 0.4) is 0 Å². The van der Waals surface area contributed by atoms with Crippen LogP contribution in [0.2, 0.25) is 0 Å². The zero-order chi connectivity index (χ0) is 20.6. The molecule has 3 aromatic carbocycles. The average Bonchev–Trinajstić information content (AvgIpc) is 3.15. The van der Waals surface area contributed by atoms with E-state index < -0.39 is 10.0 Å². The van der Waals surface area contributed by atoms with Crippen LogP contribution in [0.15, 0.2) is 70.5 Å². The molecule has 0 aromatic heterocycles. The second kappa shape index (κ2) is 7.82. The van der Waals surface area contributed by atoms with E-state index in [-0.39, 0.29) is 10.8 Å². The number of thioether (sulfide) groups is 1. The minimum Gasteiger partial charge on any atom is -0.311 e. The second-order valence-corrected chi connectivity index (χ2v) is 10.4. The zero-order valence-corrected chi connectivity index (χ0v) is 18.0. The molecule has 1 heterocycles. The van der Waals surface area contributed by atoms with E-state index in [0.29, 0.717) is 18.7 Å². The Labute approximate surface area is 175 Å². The number of anilines is 1. The van der Waals surface area contributed by atoms with E-state index in [1.807, 2.05) is 18.2 Å². The molecule has 0 aliphatic carbocycles. The van der Waals surface area contributed by atoms with Gasteiger partial charge in [-0.1, -0.05) is 30.3 Å². The van der Waals surface area contributed by atoms with Crippen LogP contribution in [0.4, 0.5) is 5.69 Å². The van der Waals surface area contributed by atoms with Crippen molar-refractivity contribution in [2.45, 2.75) is 16.2 Å². The molecule has 0 saturated carbocycles. The van der Waals surface area contributed by atoms with Gasteiger partial charge in [-0.2, -0.15) is 0 Å². The summed E-state index contributed by atoms with van der Waals surface area (Å²) in [5.41, 5.74) is 1.71. The fourth-order valence-corrected chi connectivity index (χ4v) is 5.26. The number of rotatable bonds is 5. The fraction of sp³-hybridized carbons (Fsp3) is 0.227. The molecule has 0 saturated heterocycles. The molecule has 29 heavy (non-hydrogen) atoms. The van der Waals surface area contributed by atoms with Crippen LogP contribution >= 0.6 is 11.8 Å². The maximum absolute atomic E-state index is 12.8. The maximum Gasteiger partial charge on any atom is 0.242 e.